The van der Waals surface area contributed by atoms with Gasteiger partial charge < -0.3 is 5.73 Å². The van der Waals surface area contributed by atoms with Gasteiger partial charge in [0.25, 0.3) is 0 Å². The van der Waals surface area contributed by atoms with Crippen molar-refractivity contribution in [2.75, 3.05) is 0 Å². The maximum atomic E-state index is 11.9. The second-order valence-electron chi connectivity index (χ2n) is 5.45. The lowest BCUT2D eigenvalue weighted by molar-refractivity contribution is -0.124. The molecule has 1 aromatic rings. The van der Waals surface area contributed by atoms with Gasteiger partial charge in [0.2, 0.25) is 5.91 Å². The Balaban J connectivity index is 2.27. The van der Waals surface area contributed by atoms with Crippen LogP contribution in [0.4, 0.5) is 0 Å². The van der Waals surface area contributed by atoms with Crippen LogP contribution < -0.4 is 11.1 Å². The minimum absolute atomic E-state index is 0.336. The predicted octanol–water partition coefficient (Wildman–Crippen LogP) is 2.96. The first-order valence-electron chi connectivity index (χ1n) is 6.86. The van der Waals surface area contributed by atoms with Crippen LogP contribution in [0.5, 0.6) is 0 Å². The molecular formula is C15H21ClN2O. The zero-order valence-corrected chi connectivity index (χ0v) is 12.0. The highest BCUT2D eigenvalue weighted by atomic mass is 35.5. The molecule has 19 heavy (non-hydrogen) atoms. The Kier molecular flexibility index (Phi) is 4.48. The largest absolute Gasteiger partial charge is 0.368 e. The van der Waals surface area contributed by atoms with Crippen molar-refractivity contribution in [2.45, 2.75) is 50.6 Å². The lowest BCUT2D eigenvalue weighted by Gasteiger charge is -2.35. The Labute approximate surface area is 119 Å². The summed E-state index contributed by atoms with van der Waals surface area (Å²) in [7, 11) is 0. The Morgan fingerprint density at radius 2 is 1.95 bits per heavy atom. The van der Waals surface area contributed by atoms with Crippen molar-refractivity contribution >= 4 is 17.5 Å². The quantitative estimate of drug-likeness (QED) is 0.891. The summed E-state index contributed by atoms with van der Waals surface area (Å²) in [6, 6.07) is 7.73. The molecule has 0 bridgehead atoms. The van der Waals surface area contributed by atoms with Gasteiger partial charge in [-0.1, -0.05) is 49.1 Å². The zero-order valence-electron chi connectivity index (χ0n) is 11.3. The number of amides is 1. The van der Waals surface area contributed by atoms with E-state index in [9.17, 15) is 4.79 Å². The molecule has 2 rings (SSSR count). The minimum Gasteiger partial charge on any atom is -0.368 e. The number of carbonyl (C=O) groups is 1. The van der Waals surface area contributed by atoms with Crippen molar-refractivity contribution in [3.05, 3.63) is 34.9 Å². The van der Waals surface area contributed by atoms with Gasteiger partial charge in [-0.15, -0.1) is 0 Å². The van der Waals surface area contributed by atoms with Crippen LogP contribution in [0.2, 0.25) is 5.02 Å². The average Bonchev–Trinajstić information content (AvgIpc) is 2.40. The van der Waals surface area contributed by atoms with E-state index in [1.165, 1.54) is 19.3 Å². The summed E-state index contributed by atoms with van der Waals surface area (Å²) in [6.45, 7) is 1.82. The molecule has 3 N–H and O–H groups in total. The molecule has 0 spiro atoms. The highest BCUT2D eigenvalue weighted by Gasteiger charge is 2.36. The molecule has 0 aliphatic heterocycles. The summed E-state index contributed by atoms with van der Waals surface area (Å²) >= 11 is 6.22. The first kappa shape index (κ1) is 14.4. The Hall–Kier alpha value is -1.06. The molecule has 0 saturated heterocycles. The molecule has 1 aliphatic rings. The molecule has 1 aromatic carbocycles. The number of carbonyl (C=O) groups excluding carboxylic acids is 1. The maximum Gasteiger partial charge on any atom is 0.242 e. The van der Waals surface area contributed by atoms with E-state index in [4.69, 9.17) is 17.3 Å². The molecule has 0 radical (unpaired) electrons. The predicted molar refractivity (Wildman–Crippen MR) is 78.0 cm³/mol. The molecule has 1 atom stereocenters. The van der Waals surface area contributed by atoms with Gasteiger partial charge in [-0.25, -0.2) is 0 Å². The minimum atomic E-state index is -0.902. The number of hydrogen-bond acceptors (Lipinski definition) is 2. The van der Waals surface area contributed by atoms with E-state index < -0.39 is 5.54 Å². The number of rotatable bonds is 4. The van der Waals surface area contributed by atoms with Gasteiger partial charge >= 0.3 is 0 Å². The van der Waals surface area contributed by atoms with E-state index in [1.807, 2.05) is 25.1 Å². The van der Waals surface area contributed by atoms with Crippen molar-refractivity contribution in [3.63, 3.8) is 0 Å². The topological polar surface area (TPSA) is 55.1 Å². The summed E-state index contributed by atoms with van der Waals surface area (Å²) in [5, 5.41) is 4.01. The van der Waals surface area contributed by atoms with Gasteiger partial charge in [0.15, 0.2) is 0 Å². The van der Waals surface area contributed by atoms with Crippen LogP contribution in [-0.2, 0) is 10.3 Å². The number of benzene rings is 1. The highest BCUT2D eigenvalue weighted by Crippen LogP contribution is 2.30. The fourth-order valence-corrected chi connectivity index (χ4v) is 3.13. The number of halogens is 1. The second-order valence-corrected chi connectivity index (χ2v) is 5.86. The number of hydrogen-bond donors (Lipinski definition) is 2. The van der Waals surface area contributed by atoms with Crippen molar-refractivity contribution in [1.29, 1.82) is 0 Å². The third kappa shape index (κ3) is 3.10. The molecule has 0 aromatic heterocycles. The summed E-state index contributed by atoms with van der Waals surface area (Å²) in [6.07, 6.45) is 5.86. The van der Waals surface area contributed by atoms with Crippen molar-refractivity contribution in [2.24, 2.45) is 5.73 Å². The number of nitrogens with two attached hydrogens (primary N) is 1. The van der Waals surface area contributed by atoms with E-state index in [1.54, 1.807) is 6.07 Å². The SMILES string of the molecule is CC(NC1CCCCC1)(C(N)=O)c1ccccc1Cl. The van der Waals surface area contributed by atoms with Crippen LogP contribution in [0.25, 0.3) is 0 Å². The van der Waals surface area contributed by atoms with Crippen LogP contribution in [0.15, 0.2) is 24.3 Å². The van der Waals surface area contributed by atoms with Gasteiger partial charge in [0, 0.05) is 11.1 Å². The molecule has 1 fully saturated rings. The Bertz CT molecular complexity index is 457. The molecule has 1 saturated carbocycles. The first-order chi connectivity index (χ1) is 9.04. The average molecular weight is 281 g/mol. The van der Waals surface area contributed by atoms with Gasteiger partial charge in [-0.2, -0.15) is 0 Å². The van der Waals surface area contributed by atoms with E-state index in [0.29, 0.717) is 11.1 Å². The summed E-state index contributed by atoms with van der Waals surface area (Å²) < 4.78 is 0. The first-order valence-corrected chi connectivity index (χ1v) is 7.24. The van der Waals surface area contributed by atoms with E-state index >= 15 is 0 Å². The molecule has 0 heterocycles. The normalized spacial score (nSPS) is 19.9. The van der Waals surface area contributed by atoms with Crippen molar-refractivity contribution in [3.8, 4) is 0 Å². The van der Waals surface area contributed by atoms with Gasteiger partial charge in [-0.05, 0) is 31.4 Å². The molecular weight excluding hydrogens is 260 g/mol. The Morgan fingerprint density at radius 1 is 1.32 bits per heavy atom. The summed E-state index contributed by atoms with van der Waals surface area (Å²) in [4.78, 5) is 11.9. The van der Waals surface area contributed by atoms with Crippen LogP contribution in [-0.4, -0.2) is 11.9 Å². The standard InChI is InChI=1S/C15H21ClN2O/c1-15(14(17)19,12-9-5-6-10-13(12)16)18-11-7-3-2-4-8-11/h5-6,9-11,18H,2-4,7-8H2,1H3,(H2,17,19). The number of primary amides is 1. The maximum absolute atomic E-state index is 11.9. The fourth-order valence-electron chi connectivity index (χ4n) is 2.80. The van der Waals surface area contributed by atoms with Crippen molar-refractivity contribution in [1.82, 2.24) is 5.32 Å². The van der Waals surface area contributed by atoms with Crippen LogP contribution in [0, 0.1) is 0 Å². The highest BCUT2D eigenvalue weighted by molar-refractivity contribution is 6.31. The smallest absolute Gasteiger partial charge is 0.242 e. The van der Waals surface area contributed by atoms with Gasteiger partial charge in [0.1, 0.15) is 5.54 Å². The number of nitrogens with one attached hydrogen (secondary N) is 1. The summed E-state index contributed by atoms with van der Waals surface area (Å²) in [5.41, 5.74) is 5.49. The van der Waals surface area contributed by atoms with Crippen LogP contribution in [0.3, 0.4) is 0 Å². The monoisotopic (exact) mass is 280 g/mol. The molecule has 1 amide bonds. The molecule has 104 valence electrons. The third-order valence-corrected chi connectivity index (χ3v) is 4.33. The van der Waals surface area contributed by atoms with Crippen LogP contribution >= 0.6 is 11.6 Å². The van der Waals surface area contributed by atoms with Crippen LogP contribution in [0.1, 0.15) is 44.6 Å². The fraction of sp³-hybridized carbons (Fsp3) is 0.533. The van der Waals surface area contributed by atoms with E-state index in [2.05, 4.69) is 5.32 Å². The Morgan fingerprint density at radius 3 is 2.53 bits per heavy atom. The lowest BCUT2D eigenvalue weighted by atomic mass is 9.87. The zero-order chi connectivity index (χ0) is 13.9. The van der Waals surface area contributed by atoms with E-state index in [0.717, 1.165) is 18.4 Å². The second kappa shape index (κ2) is 5.93. The van der Waals surface area contributed by atoms with Gasteiger partial charge in [0.05, 0.1) is 0 Å². The lowest BCUT2D eigenvalue weighted by Crippen LogP contribution is -2.54. The summed E-state index contributed by atoms with van der Waals surface area (Å²) in [5.74, 6) is -0.383. The molecule has 1 aliphatic carbocycles. The third-order valence-electron chi connectivity index (χ3n) is 4.00. The molecule has 1 unspecified atom stereocenters. The van der Waals surface area contributed by atoms with Gasteiger partial charge in [-0.3, -0.25) is 10.1 Å². The van der Waals surface area contributed by atoms with Crippen molar-refractivity contribution < 1.29 is 4.79 Å². The molecule has 4 heteroatoms. The molecule has 3 nitrogen and oxygen atoms in total. The van der Waals surface area contributed by atoms with E-state index in [-0.39, 0.29) is 5.91 Å².